The summed E-state index contributed by atoms with van der Waals surface area (Å²) in [5, 5.41) is 0. The Morgan fingerprint density at radius 2 is 1.38 bits per heavy atom. The summed E-state index contributed by atoms with van der Waals surface area (Å²) < 4.78 is 19.0. The first-order valence-corrected chi connectivity index (χ1v) is 10.3. The number of imide groups is 1. The Morgan fingerprint density at radius 1 is 0.781 bits per heavy atom. The van der Waals surface area contributed by atoms with Crippen LogP contribution < -0.4 is 9.64 Å². The van der Waals surface area contributed by atoms with Crippen LogP contribution in [0, 0.1) is 5.82 Å². The van der Waals surface area contributed by atoms with E-state index in [9.17, 15) is 18.8 Å². The molecule has 3 aromatic rings. The van der Waals surface area contributed by atoms with Gasteiger partial charge < -0.3 is 9.64 Å². The Bertz CT molecular complexity index is 1190. The van der Waals surface area contributed by atoms with Gasteiger partial charge in [-0.05, 0) is 61.0 Å². The molecular formula is C25H19FN2O4. The minimum absolute atomic E-state index is 0.280. The van der Waals surface area contributed by atoms with Crippen molar-refractivity contribution in [3.05, 3.63) is 95.3 Å². The molecule has 0 aliphatic carbocycles. The molecule has 3 amide bonds. The summed E-state index contributed by atoms with van der Waals surface area (Å²) in [4.78, 5) is 42.0. The number of rotatable bonds is 5. The highest BCUT2D eigenvalue weighted by Gasteiger charge is 2.57. The lowest BCUT2D eigenvalue weighted by molar-refractivity contribution is -0.130. The fourth-order valence-electron chi connectivity index (χ4n) is 4.33. The Labute approximate surface area is 183 Å². The summed E-state index contributed by atoms with van der Waals surface area (Å²) in [6.07, 6.45) is 0. The number of hydrogen-bond donors (Lipinski definition) is 0. The third-order valence-corrected chi connectivity index (χ3v) is 5.81. The van der Waals surface area contributed by atoms with Gasteiger partial charge in [-0.15, -0.1) is 0 Å². The molecule has 0 unspecified atom stereocenters. The van der Waals surface area contributed by atoms with Crippen LogP contribution in [0.4, 0.5) is 10.1 Å². The molecule has 0 radical (unpaired) electrons. The fraction of sp³-hybridized carbons (Fsp3) is 0.160. The van der Waals surface area contributed by atoms with Crippen molar-refractivity contribution in [2.45, 2.75) is 19.0 Å². The van der Waals surface area contributed by atoms with Crippen LogP contribution in [0.5, 0.6) is 5.75 Å². The van der Waals surface area contributed by atoms with Crippen LogP contribution in [-0.4, -0.2) is 35.3 Å². The Morgan fingerprint density at radius 3 is 1.94 bits per heavy atom. The van der Waals surface area contributed by atoms with E-state index in [4.69, 9.17) is 4.74 Å². The predicted molar refractivity (Wildman–Crippen MR) is 115 cm³/mol. The van der Waals surface area contributed by atoms with Crippen molar-refractivity contribution in [1.82, 2.24) is 4.90 Å². The van der Waals surface area contributed by atoms with Gasteiger partial charge in [0.2, 0.25) is 0 Å². The SMILES string of the molecule is CCOc1ccc(N2C(=O)[C@@H](N3C(=O)c4ccccc4C3=O)[C@@H]2c2ccc(F)cc2)cc1. The van der Waals surface area contributed by atoms with Crippen molar-refractivity contribution < 1.29 is 23.5 Å². The average Bonchev–Trinajstić information content (AvgIpc) is 3.05. The highest BCUT2D eigenvalue weighted by molar-refractivity contribution is 6.24. The van der Waals surface area contributed by atoms with Gasteiger partial charge in [-0.1, -0.05) is 24.3 Å². The van der Waals surface area contributed by atoms with Crippen molar-refractivity contribution in [1.29, 1.82) is 0 Å². The first-order chi connectivity index (χ1) is 15.5. The molecule has 0 spiro atoms. The monoisotopic (exact) mass is 430 g/mol. The van der Waals surface area contributed by atoms with Gasteiger partial charge in [0.1, 0.15) is 17.6 Å². The minimum atomic E-state index is -1.01. The molecule has 1 fully saturated rings. The van der Waals surface area contributed by atoms with Gasteiger partial charge in [0.05, 0.1) is 23.8 Å². The van der Waals surface area contributed by atoms with Crippen molar-refractivity contribution in [3.8, 4) is 5.75 Å². The summed E-state index contributed by atoms with van der Waals surface area (Å²) in [6, 6.07) is 17.6. The number of carbonyl (C=O) groups excluding carboxylic acids is 3. The molecular weight excluding hydrogens is 411 g/mol. The van der Waals surface area contributed by atoms with E-state index in [1.54, 1.807) is 60.7 Å². The van der Waals surface area contributed by atoms with E-state index in [-0.39, 0.29) is 17.0 Å². The quantitative estimate of drug-likeness (QED) is 0.454. The zero-order valence-corrected chi connectivity index (χ0v) is 17.2. The second-order valence-electron chi connectivity index (χ2n) is 7.60. The Hall–Kier alpha value is -4.00. The van der Waals surface area contributed by atoms with E-state index in [0.29, 0.717) is 23.6 Å². The third-order valence-electron chi connectivity index (χ3n) is 5.81. The molecule has 2 heterocycles. The van der Waals surface area contributed by atoms with Crippen molar-refractivity contribution >= 4 is 23.4 Å². The van der Waals surface area contributed by atoms with Crippen molar-refractivity contribution in [2.75, 3.05) is 11.5 Å². The molecule has 0 bridgehead atoms. The van der Waals surface area contributed by atoms with Crippen molar-refractivity contribution in [2.24, 2.45) is 0 Å². The molecule has 5 rings (SSSR count). The molecule has 2 atom stereocenters. The van der Waals surface area contributed by atoms with E-state index in [0.717, 1.165) is 4.90 Å². The summed E-state index contributed by atoms with van der Waals surface area (Å²) in [6.45, 7) is 2.39. The largest absolute Gasteiger partial charge is 0.494 e. The van der Waals surface area contributed by atoms with E-state index in [1.807, 2.05) is 6.92 Å². The predicted octanol–water partition coefficient (Wildman–Crippen LogP) is 3.98. The van der Waals surface area contributed by atoms with Gasteiger partial charge in [-0.3, -0.25) is 19.3 Å². The van der Waals surface area contributed by atoms with Crippen molar-refractivity contribution in [3.63, 3.8) is 0 Å². The molecule has 2 aliphatic heterocycles. The standard InChI is InChI=1S/C25H19FN2O4/c1-2-32-18-13-11-17(12-14-18)27-21(15-7-9-16(26)10-8-15)22(25(27)31)28-23(29)19-5-3-4-6-20(19)24(28)30/h3-14,21-22H,2H2,1H3/t21-,22-/m0/s1. The smallest absolute Gasteiger partial charge is 0.262 e. The molecule has 6 nitrogen and oxygen atoms in total. The van der Waals surface area contributed by atoms with Gasteiger partial charge in [0.25, 0.3) is 17.7 Å². The van der Waals surface area contributed by atoms with Gasteiger partial charge in [-0.25, -0.2) is 4.39 Å². The normalized spacial score (nSPS) is 19.8. The topological polar surface area (TPSA) is 66.9 Å². The van der Waals surface area contributed by atoms with E-state index in [1.165, 1.54) is 17.0 Å². The number of benzene rings is 3. The molecule has 7 heteroatoms. The highest BCUT2D eigenvalue weighted by atomic mass is 19.1. The maximum atomic E-state index is 13.6. The number of carbonyl (C=O) groups is 3. The number of halogens is 1. The summed E-state index contributed by atoms with van der Waals surface area (Å²) >= 11 is 0. The highest BCUT2D eigenvalue weighted by Crippen LogP contribution is 2.44. The molecule has 3 aromatic carbocycles. The summed E-state index contributed by atoms with van der Waals surface area (Å²) in [5.74, 6) is -1.12. The van der Waals surface area contributed by atoms with E-state index >= 15 is 0 Å². The lowest BCUT2D eigenvalue weighted by Crippen LogP contribution is -2.67. The summed E-state index contributed by atoms with van der Waals surface area (Å²) in [7, 11) is 0. The average molecular weight is 430 g/mol. The maximum absolute atomic E-state index is 13.6. The molecule has 0 aromatic heterocycles. The van der Waals surface area contributed by atoms with Crippen LogP contribution >= 0.6 is 0 Å². The maximum Gasteiger partial charge on any atom is 0.262 e. The van der Waals surface area contributed by atoms with Crippen LogP contribution in [-0.2, 0) is 4.79 Å². The number of nitrogens with zero attached hydrogens (tertiary/aromatic N) is 2. The number of amides is 3. The van der Waals surface area contributed by atoms with E-state index < -0.39 is 29.7 Å². The van der Waals surface area contributed by atoms with Crippen LogP contribution in [0.15, 0.2) is 72.8 Å². The molecule has 0 saturated carbocycles. The van der Waals surface area contributed by atoms with Gasteiger partial charge in [0.15, 0.2) is 0 Å². The van der Waals surface area contributed by atoms with E-state index in [2.05, 4.69) is 0 Å². The van der Waals surface area contributed by atoms with Gasteiger partial charge in [0, 0.05) is 5.69 Å². The Kier molecular flexibility index (Phi) is 4.74. The number of fused-ring (bicyclic) bond motifs is 1. The lowest BCUT2D eigenvalue weighted by Gasteiger charge is -2.49. The number of hydrogen-bond acceptors (Lipinski definition) is 4. The molecule has 2 aliphatic rings. The number of anilines is 1. The molecule has 0 N–H and O–H groups in total. The Balaban J connectivity index is 1.54. The number of β-lactam (4-membered cyclic amide) rings is 1. The zero-order chi connectivity index (χ0) is 22.4. The van der Waals surface area contributed by atoms with Gasteiger partial charge >= 0.3 is 0 Å². The van der Waals surface area contributed by atoms with Gasteiger partial charge in [-0.2, -0.15) is 0 Å². The molecule has 160 valence electrons. The zero-order valence-electron chi connectivity index (χ0n) is 17.2. The first-order valence-electron chi connectivity index (χ1n) is 10.3. The molecule has 32 heavy (non-hydrogen) atoms. The van der Waals surface area contributed by atoms with Crippen LogP contribution in [0.2, 0.25) is 0 Å². The second kappa shape index (κ2) is 7.60. The second-order valence-corrected chi connectivity index (χ2v) is 7.60. The third kappa shape index (κ3) is 2.97. The molecule has 1 saturated heterocycles. The first kappa shape index (κ1) is 19.9. The van der Waals surface area contributed by atoms with Crippen LogP contribution in [0.3, 0.4) is 0 Å². The van der Waals surface area contributed by atoms with Crippen LogP contribution in [0.25, 0.3) is 0 Å². The lowest BCUT2D eigenvalue weighted by atomic mass is 9.86. The minimum Gasteiger partial charge on any atom is -0.494 e. The summed E-state index contributed by atoms with van der Waals surface area (Å²) in [5.41, 5.74) is 1.78. The van der Waals surface area contributed by atoms with Crippen LogP contribution in [0.1, 0.15) is 39.2 Å². The number of ether oxygens (including phenoxy) is 1. The fourth-order valence-corrected chi connectivity index (χ4v) is 4.33.